The average Bonchev–Trinajstić information content (AvgIpc) is 2.83. The number of carbonyl (C=O) groups excluding carboxylic acids is 1. The molecule has 0 aliphatic heterocycles. The largest absolute Gasteiger partial charge is 0.484 e. The molecule has 112 valence electrons. The number of hydrogen-bond donors (Lipinski definition) is 1. The third-order valence-electron chi connectivity index (χ3n) is 2.46. The highest BCUT2D eigenvalue weighted by Crippen LogP contribution is 2.19. The molecule has 7 heteroatoms. The molecule has 1 heterocycles. The molecular weight excluding hydrogens is 310 g/mol. The van der Waals surface area contributed by atoms with E-state index in [9.17, 15) is 4.79 Å². The standard InChI is InChI=1S/C14H16ClN3O2S/c1-9(2)6-13-17-18-14(21-13)16-12(19)8-20-11-5-3-4-10(15)7-11/h3-5,7,9H,6,8H2,1-2H3,(H,16,18,19). The molecular formula is C14H16ClN3O2S. The third kappa shape index (κ3) is 5.32. The number of amides is 1. The van der Waals surface area contributed by atoms with E-state index in [4.69, 9.17) is 16.3 Å². The number of nitrogens with zero attached hydrogens (tertiary/aromatic N) is 2. The summed E-state index contributed by atoms with van der Waals surface area (Å²) in [6.45, 7) is 4.12. The van der Waals surface area contributed by atoms with Gasteiger partial charge in [-0.1, -0.05) is 42.9 Å². The van der Waals surface area contributed by atoms with E-state index in [1.165, 1.54) is 11.3 Å². The van der Waals surface area contributed by atoms with Crippen molar-refractivity contribution in [1.82, 2.24) is 10.2 Å². The first-order valence-corrected chi connectivity index (χ1v) is 7.73. The summed E-state index contributed by atoms with van der Waals surface area (Å²) in [5, 5.41) is 12.6. The van der Waals surface area contributed by atoms with Crippen molar-refractivity contribution in [2.75, 3.05) is 11.9 Å². The molecule has 0 bridgehead atoms. The number of benzene rings is 1. The minimum Gasteiger partial charge on any atom is -0.484 e. The minimum absolute atomic E-state index is 0.0978. The molecule has 0 aliphatic carbocycles. The summed E-state index contributed by atoms with van der Waals surface area (Å²) >= 11 is 7.22. The van der Waals surface area contributed by atoms with Crippen LogP contribution in [0.5, 0.6) is 5.75 Å². The molecule has 2 rings (SSSR count). The number of hydrogen-bond acceptors (Lipinski definition) is 5. The summed E-state index contributed by atoms with van der Waals surface area (Å²) in [4.78, 5) is 11.8. The van der Waals surface area contributed by atoms with Gasteiger partial charge in [0.05, 0.1) is 0 Å². The molecule has 0 saturated carbocycles. The van der Waals surface area contributed by atoms with Gasteiger partial charge < -0.3 is 4.74 Å². The summed E-state index contributed by atoms with van der Waals surface area (Å²) in [6.07, 6.45) is 0.854. The quantitative estimate of drug-likeness (QED) is 0.884. The number of carbonyl (C=O) groups is 1. The topological polar surface area (TPSA) is 64.1 Å². The molecule has 0 atom stereocenters. The van der Waals surface area contributed by atoms with Crippen LogP contribution in [0, 0.1) is 5.92 Å². The summed E-state index contributed by atoms with van der Waals surface area (Å²) in [6, 6.07) is 6.90. The molecule has 0 fully saturated rings. The Hall–Kier alpha value is -1.66. The van der Waals surface area contributed by atoms with Gasteiger partial charge in [-0.05, 0) is 24.1 Å². The van der Waals surface area contributed by atoms with Crippen molar-refractivity contribution in [1.29, 1.82) is 0 Å². The molecule has 1 aromatic carbocycles. The molecule has 0 unspecified atom stereocenters. The van der Waals surface area contributed by atoms with Gasteiger partial charge in [-0.25, -0.2) is 0 Å². The minimum atomic E-state index is -0.276. The number of aromatic nitrogens is 2. The fraction of sp³-hybridized carbons (Fsp3) is 0.357. The van der Waals surface area contributed by atoms with E-state index in [0.29, 0.717) is 21.8 Å². The molecule has 2 aromatic rings. The van der Waals surface area contributed by atoms with Gasteiger partial charge in [0.15, 0.2) is 6.61 Å². The van der Waals surface area contributed by atoms with Gasteiger partial charge in [-0.3, -0.25) is 10.1 Å². The molecule has 0 radical (unpaired) electrons. The second kappa shape index (κ2) is 7.38. The van der Waals surface area contributed by atoms with Crippen LogP contribution in [0.2, 0.25) is 5.02 Å². The fourth-order valence-electron chi connectivity index (χ4n) is 1.60. The monoisotopic (exact) mass is 325 g/mol. The normalized spacial score (nSPS) is 10.7. The Bertz CT molecular complexity index is 616. The van der Waals surface area contributed by atoms with Crippen molar-refractivity contribution in [3.63, 3.8) is 0 Å². The highest BCUT2D eigenvalue weighted by molar-refractivity contribution is 7.15. The van der Waals surface area contributed by atoms with E-state index >= 15 is 0 Å². The van der Waals surface area contributed by atoms with E-state index < -0.39 is 0 Å². The zero-order chi connectivity index (χ0) is 15.2. The maximum atomic E-state index is 11.8. The van der Waals surface area contributed by atoms with Gasteiger partial charge in [0.25, 0.3) is 5.91 Å². The molecule has 0 saturated heterocycles. The van der Waals surface area contributed by atoms with E-state index in [2.05, 4.69) is 29.4 Å². The summed E-state index contributed by atoms with van der Waals surface area (Å²) in [5.74, 6) is 0.783. The van der Waals surface area contributed by atoms with Crippen LogP contribution in [-0.4, -0.2) is 22.7 Å². The first kappa shape index (κ1) is 15.7. The number of ether oxygens (including phenoxy) is 1. The lowest BCUT2D eigenvalue weighted by molar-refractivity contribution is -0.118. The lowest BCUT2D eigenvalue weighted by Gasteiger charge is -2.05. The van der Waals surface area contributed by atoms with E-state index in [-0.39, 0.29) is 12.5 Å². The van der Waals surface area contributed by atoms with E-state index in [1.54, 1.807) is 24.3 Å². The van der Waals surface area contributed by atoms with Crippen molar-refractivity contribution in [2.45, 2.75) is 20.3 Å². The molecule has 1 aromatic heterocycles. The smallest absolute Gasteiger partial charge is 0.264 e. The first-order valence-electron chi connectivity index (χ1n) is 6.53. The molecule has 1 N–H and O–H groups in total. The van der Waals surface area contributed by atoms with Gasteiger partial charge in [0.2, 0.25) is 5.13 Å². The van der Waals surface area contributed by atoms with Crippen LogP contribution in [0.1, 0.15) is 18.9 Å². The van der Waals surface area contributed by atoms with Crippen molar-refractivity contribution >= 4 is 34.0 Å². The van der Waals surface area contributed by atoms with E-state index in [0.717, 1.165) is 11.4 Å². The highest BCUT2D eigenvalue weighted by atomic mass is 35.5. The van der Waals surface area contributed by atoms with Crippen LogP contribution in [0.3, 0.4) is 0 Å². The molecule has 1 amide bonds. The second-order valence-electron chi connectivity index (χ2n) is 4.89. The summed E-state index contributed by atoms with van der Waals surface area (Å²) in [5.41, 5.74) is 0. The number of anilines is 1. The summed E-state index contributed by atoms with van der Waals surface area (Å²) < 4.78 is 5.35. The fourth-order valence-corrected chi connectivity index (χ4v) is 2.75. The molecule has 5 nitrogen and oxygen atoms in total. The first-order chi connectivity index (χ1) is 10.0. The van der Waals surface area contributed by atoms with Crippen LogP contribution in [0.15, 0.2) is 24.3 Å². The van der Waals surface area contributed by atoms with Crippen LogP contribution in [0.25, 0.3) is 0 Å². The number of halogens is 1. The summed E-state index contributed by atoms with van der Waals surface area (Å²) in [7, 11) is 0. The second-order valence-corrected chi connectivity index (χ2v) is 6.39. The Morgan fingerprint density at radius 3 is 2.95 bits per heavy atom. The highest BCUT2D eigenvalue weighted by Gasteiger charge is 2.10. The van der Waals surface area contributed by atoms with Gasteiger partial charge in [0, 0.05) is 11.4 Å². The van der Waals surface area contributed by atoms with Gasteiger partial charge >= 0.3 is 0 Å². The van der Waals surface area contributed by atoms with Crippen LogP contribution >= 0.6 is 22.9 Å². The van der Waals surface area contributed by atoms with Gasteiger partial charge in [-0.2, -0.15) is 0 Å². The Balaban J connectivity index is 1.83. The zero-order valence-corrected chi connectivity index (χ0v) is 13.4. The molecule has 0 spiro atoms. The molecule has 21 heavy (non-hydrogen) atoms. The lowest BCUT2D eigenvalue weighted by atomic mass is 10.1. The Morgan fingerprint density at radius 2 is 2.24 bits per heavy atom. The van der Waals surface area contributed by atoms with Crippen LogP contribution < -0.4 is 10.1 Å². The number of nitrogens with one attached hydrogen (secondary N) is 1. The zero-order valence-electron chi connectivity index (χ0n) is 11.8. The SMILES string of the molecule is CC(C)Cc1nnc(NC(=O)COc2cccc(Cl)c2)s1. The predicted molar refractivity (Wildman–Crippen MR) is 84.0 cm³/mol. The van der Waals surface area contributed by atoms with Crippen LogP contribution in [0.4, 0.5) is 5.13 Å². The maximum Gasteiger partial charge on any atom is 0.264 e. The Kier molecular flexibility index (Phi) is 5.52. The Labute approximate surface area is 132 Å². The van der Waals surface area contributed by atoms with Crippen molar-refractivity contribution in [3.8, 4) is 5.75 Å². The van der Waals surface area contributed by atoms with Crippen molar-refractivity contribution < 1.29 is 9.53 Å². The van der Waals surface area contributed by atoms with Crippen LogP contribution in [-0.2, 0) is 11.2 Å². The predicted octanol–water partition coefficient (Wildman–Crippen LogP) is 3.41. The van der Waals surface area contributed by atoms with E-state index in [1.807, 2.05) is 0 Å². The van der Waals surface area contributed by atoms with Crippen molar-refractivity contribution in [3.05, 3.63) is 34.3 Å². The lowest BCUT2D eigenvalue weighted by Crippen LogP contribution is -2.20. The number of rotatable bonds is 6. The van der Waals surface area contributed by atoms with Gasteiger partial charge in [-0.15, -0.1) is 10.2 Å². The maximum absolute atomic E-state index is 11.8. The van der Waals surface area contributed by atoms with Gasteiger partial charge in [0.1, 0.15) is 10.8 Å². The molecule has 0 aliphatic rings. The Morgan fingerprint density at radius 1 is 1.43 bits per heavy atom. The average molecular weight is 326 g/mol. The van der Waals surface area contributed by atoms with Crippen molar-refractivity contribution in [2.24, 2.45) is 5.92 Å². The third-order valence-corrected chi connectivity index (χ3v) is 3.56.